The van der Waals surface area contributed by atoms with Crippen molar-refractivity contribution in [3.8, 4) is 27.8 Å². The number of imidazole rings is 1. The lowest BCUT2D eigenvalue weighted by Crippen LogP contribution is -2.41. The molecule has 0 saturated heterocycles. The number of aryl methyl sites for hydroxylation is 1. The summed E-state index contributed by atoms with van der Waals surface area (Å²) in [4.78, 5) is 24.6. The van der Waals surface area contributed by atoms with E-state index in [-0.39, 0.29) is 17.8 Å². The highest BCUT2D eigenvalue weighted by molar-refractivity contribution is 7.09. The van der Waals surface area contributed by atoms with Gasteiger partial charge in [-0.2, -0.15) is 4.37 Å². The molecule has 2 aromatic heterocycles. The second kappa shape index (κ2) is 8.40. The van der Waals surface area contributed by atoms with Crippen LogP contribution < -0.4 is 4.74 Å². The molecule has 0 bridgehead atoms. The number of methoxy groups -OCH3 is 1. The Morgan fingerprint density at radius 1 is 1.09 bits per heavy atom. The van der Waals surface area contributed by atoms with Crippen LogP contribution in [0.25, 0.3) is 22.1 Å². The highest BCUT2D eigenvalue weighted by Gasteiger charge is 2.34. The van der Waals surface area contributed by atoms with Gasteiger partial charge in [0.15, 0.2) is 10.8 Å². The molecule has 0 unspecified atom stereocenters. The predicted molar refractivity (Wildman–Crippen MR) is 124 cm³/mol. The van der Waals surface area contributed by atoms with Crippen LogP contribution in [0.4, 0.5) is 4.39 Å². The Kier molecular flexibility index (Phi) is 5.41. The zero-order valence-corrected chi connectivity index (χ0v) is 19.3. The summed E-state index contributed by atoms with van der Waals surface area (Å²) in [5.74, 6) is 1.71. The Morgan fingerprint density at radius 2 is 1.82 bits per heavy atom. The van der Waals surface area contributed by atoms with E-state index in [2.05, 4.69) is 13.9 Å². The Hall–Kier alpha value is -3.59. The van der Waals surface area contributed by atoms with Crippen molar-refractivity contribution < 1.29 is 13.9 Å². The maximum Gasteiger partial charge on any atom is 0.254 e. The van der Waals surface area contributed by atoms with Gasteiger partial charge < -0.3 is 14.2 Å². The largest absolute Gasteiger partial charge is 0.497 e. The van der Waals surface area contributed by atoms with Gasteiger partial charge in [0.05, 0.1) is 24.5 Å². The normalized spacial score (nSPS) is 15.4. The molecule has 1 aliphatic rings. The van der Waals surface area contributed by atoms with Gasteiger partial charge in [-0.15, -0.1) is 0 Å². The number of hydrogen-bond donors (Lipinski definition) is 0. The van der Waals surface area contributed by atoms with Gasteiger partial charge in [0, 0.05) is 24.2 Å². The lowest BCUT2D eigenvalue weighted by atomic mass is 10.0. The van der Waals surface area contributed by atoms with Crippen molar-refractivity contribution in [1.29, 1.82) is 0 Å². The zero-order chi connectivity index (χ0) is 23.1. The molecule has 7 nitrogen and oxygen atoms in total. The van der Waals surface area contributed by atoms with Crippen molar-refractivity contribution >= 4 is 17.4 Å². The molecular formula is C24H22FN5O2S. The van der Waals surface area contributed by atoms with Crippen molar-refractivity contribution in [2.24, 2.45) is 0 Å². The molecule has 0 fully saturated rings. The van der Waals surface area contributed by atoms with Gasteiger partial charge in [-0.05, 0) is 73.9 Å². The van der Waals surface area contributed by atoms with E-state index < -0.39 is 0 Å². The molecule has 0 N–H and O–H groups in total. The van der Waals surface area contributed by atoms with E-state index >= 15 is 0 Å². The summed E-state index contributed by atoms with van der Waals surface area (Å²) in [6, 6.07) is 13.1. The van der Waals surface area contributed by atoms with Crippen LogP contribution in [0, 0.1) is 12.7 Å². The highest BCUT2D eigenvalue weighted by atomic mass is 32.1. The minimum absolute atomic E-state index is 0.135. The number of carbonyl (C=O) groups is 1. The first-order chi connectivity index (χ1) is 16.0. The number of nitrogens with zero attached hydrogens (tertiary/aromatic N) is 5. The van der Waals surface area contributed by atoms with E-state index in [4.69, 9.17) is 9.72 Å². The molecule has 5 rings (SSSR count). The number of ether oxygens (including phenoxy) is 1. The summed E-state index contributed by atoms with van der Waals surface area (Å²) >= 11 is 1.32. The Balaban J connectivity index is 1.60. The van der Waals surface area contributed by atoms with Gasteiger partial charge in [0.2, 0.25) is 0 Å². The number of benzene rings is 2. The van der Waals surface area contributed by atoms with E-state index in [1.54, 1.807) is 7.11 Å². The van der Waals surface area contributed by atoms with E-state index in [1.165, 1.54) is 35.8 Å². The van der Waals surface area contributed by atoms with Crippen LogP contribution in [-0.2, 0) is 6.54 Å². The summed E-state index contributed by atoms with van der Waals surface area (Å²) in [5, 5.41) is 0.749. The number of carbonyl (C=O) groups excluding carboxylic acids is 1. The molecule has 33 heavy (non-hydrogen) atoms. The number of hydrogen-bond acceptors (Lipinski definition) is 6. The standard InChI is InChI=1S/C24H22FN5O2S/c1-14-21-20(16-6-10-19(32-3)11-7-16)27-22(23-26-15(2)28-33-23)30(21)13-12-29(14)24(31)17-4-8-18(25)9-5-17/h4-11,14H,12-13H2,1-3H3/t14-/m1/s1. The first-order valence-corrected chi connectivity index (χ1v) is 11.4. The SMILES string of the molecule is COc1ccc(-c2nc(-c3nc(C)ns3)n3c2[C@@H](C)N(C(=O)c2ccc(F)cc2)CC3)cc1. The topological polar surface area (TPSA) is 73.1 Å². The third-order valence-corrected chi connectivity index (χ3v) is 6.67. The highest BCUT2D eigenvalue weighted by Crippen LogP contribution is 2.39. The molecule has 4 aromatic rings. The molecule has 2 aromatic carbocycles. The molecule has 0 spiro atoms. The van der Waals surface area contributed by atoms with E-state index in [0.29, 0.717) is 24.5 Å². The maximum atomic E-state index is 13.4. The van der Waals surface area contributed by atoms with Crippen LogP contribution in [0.1, 0.15) is 34.8 Å². The molecule has 3 heterocycles. The van der Waals surface area contributed by atoms with Crippen molar-refractivity contribution in [2.75, 3.05) is 13.7 Å². The van der Waals surface area contributed by atoms with Gasteiger partial charge in [-0.3, -0.25) is 4.79 Å². The summed E-state index contributed by atoms with van der Waals surface area (Å²) in [6.45, 7) is 4.93. The van der Waals surface area contributed by atoms with E-state index in [9.17, 15) is 9.18 Å². The van der Waals surface area contributed by atoms with Crippen LogP contribution in [-0.4, -0.2) is 43.4 Å². The van der Waals surface area contributed by atoms with Crippen LogP contribution in [0.3, 0.4) is 0 Å². The van der Waals surface area contributed by atoms with Crippen molar-refractivity contribution in [3.63, 3.8) is 0 Å². The fraction of sp³-hybridized carbons (Fsp3) is 0.250. The summed E-state index contributed by atoms with van der Waals surface area (Å²) in [6.07, 6.45) is 0. The van der Waals surface area contributed by atoms with Crippen LogP contribution >= 0.6 is 11.5 Å². The first kappa shape index (κ1) is 21.3. The number of halogens is 1. The molecule has 1 aliphatic heterocycles. The van der Waals surface area contributed by atoms with Gasteiger partial charge >= 0.3 is 0 Å². The lowest BCUT2D eigenvalue weighted by Gasteiger charge is -2.35. The minimum Gasteiger partial charge on any atom is -0.497 e. The summed E-state index contributed by atoms with van der Waals surface area (Å²) in [7, 11) is 1.63. The second-order valence-electron chi connectivity index (χ2n) is 7.88. The van der Waals surface area contributed by atoms with Crippen LogP contribution in [0.15, 0.2) is 48.5 Å². The third kappa shape index (κ3) is 3.78. The van der Waals surface area contributed by atoms with E-state index in [0.717, 1.165) is 33.5 Å². The molecule has 0 radical (unpaired) electrons. The fourth-order valence-electron chi connectivity index (χ4n) is 4.21. The quantitative estimate of drug-likeness (QED) is 0.437. The van der Waals surface area contributed by atoms with Crippen LogP contribution in [0.5, 0.6) is 5.75 Å². The van der Waals surface area contributed by atoms with Crippen molar-refractivity contribution in [3.05, 3.63) is 71.4 Å². The average molecular weight is 464 g/mol. The smallest absolute Gasteiger partial charge is 0.254 e. The minimum atomic E-state index is -0.366. The Labute approximate surface area is 194 Å². The lowest BCUT2D eigenvalue weighted by molar-refractivity contribution is 0.0645. The Bertz CT molecular complexity index is 1310. The average Bonchev–Trinajstić information content (AvgIpc) is 3.43. The van der Waals surface area contributed by atoms with Gasteiger partial charge in [-0.1, -0.05) is 0 Å². The van der Waals surface area contributed by atoms with Gasteiger partial charge in [0.25, 0.3) is 5.91 Å². The number of aromatic nitrogens is 4. The van der Waals surface area contributed by atoms with Gasteiger partial charge in [-0.25, -0.2) is 14.4 Å². The molecule has 168 valence electrons. The predicted octanol–water partition coefficient (Wildman–Crippen LogP) is 4.74. The number of amides is 1. The molecule has 0 aliphatic carbocycles. The zero-order valence-electron chi connectivity index (χ0n) is 18.4. The third-order valence-electron chi connectivity index (χ3n) is 5.87. The first-order valence-electron chi connectivity index (χ1n) is 10.6. The fourth-order valence-corrected chi connectivity index (χ4v) is 4.88. The molecular weight excluding hydrogens is 441 g/mol. The molecule has 1 atom stereocenters. The summed E-state index contributed by atoms with van der Waals surface area (Å²) < 4.78 is 25.1. The molecule has 0 saturated carbocycles. The second-order valence-corrected chi connectivity index (χ2v) is 8.63. The monoisotopic (exact) mass is 463 g/mol. The van der Waals surface area contributed by atoms with E-state index in [1.807, 2.05) is 43.0 Å². The number of rotatable bonds is 4. The van der Waals surface area contributed by atoms with Crippen molar-refractivity contribution in [1.82, 2.24) is 23.8 Å². The van der Waals surface area contributed by atoms with Gasteiger partial charge in [0.1, 0.15) is 17.4 Å². The van der Waals surface area contributed by atoms with Crippen LogP contribution in [0.2, 0.25) is 0 Å². The van der Waals surface area contributed by atoms with Crippen molar-refractivity contribution in [2.45, 2.75) is 26.4 Å². The number of fused-ring (bicyclic) bond motifs is 1. The maximum absolute atomic E-state index is 13.4. The molecule has 1 amide bonds. The molecule has 9 heteroatoms. The summed E-state index contributed by atoms with van der Waals surface area (Å²) in [5.41, 5.74) is 3.12. The Morgan fingerprint density at radius 3 is 2.45 bits per heavy atom.